The standard InChI is InChI=1S/C26H23ClN4O4/c1-3-35-21-10-16(6-7-19(21)32)25-22-23(17-11-18(27)14(2)9-20(17)33)29-30-24(22)26(34)31(25)13-15-5-4-8-28-12-15/h4-12,25,32-33H,3,13H2,1-2H3,(H,29,30)/t25-/m0/s1. The monoisotopic (exact) mass is 490 g/mol. The third-order valence-corrected chi connectivity index (χ3v) is 6.48. The Morgan fingerprint density at radius 3 is 2.74 bits per heavy atom. The minimum absolute atomic E-state index is 0.00864. The van der Waals surface area contributed by atoms with E-state index in [0.717, 1.165) is 16.7 Å². The van der Waals surface area contributed by atoms with Crippen LogP contribution in [0, 0.1) is 6.92 Å². The summed E-state index contributed by atoms with van der Waals surface area (Å²) in [7, 11) is 0. The van der Waals surface area contributed by atoms with Crippen molar-refractivity contribution in [1.29, 1.82) is 0 Å². The number of fused-ring (bicyclic) bond motifs is 1. The van der Waals surface area contributed by atoms with E-state index in [9.17, 15) is 15.0 Å². The first kappa shape index (κ1) is 22.7. The molecule has 8 nitrogen and oxygen atoms in total. The fourth-order valence-corrected chi connectivity index (χ4v) is 4.59. The molecule has 5 rings (SSSR count). The molecule has 0 aliphatic carbocycles. The number of hydrogen-bond donors (Lipinski definition) is 3. The third kappa shape index (κ3) is 3.95. The highest BCUT2D eigenvalue weighted by molar-refractivity contribution is 6.31. The summed E-state index contributed by atoms with van der Waals surface area (Å²) in [5.74, 6) is 0.1000. The lowest BCUT2D eigenvalue weighted by atomic mass is 9.95. The van der Waals surface area contributed by atoms with E-state index >= 15 is 0 Å². The molecule has 4 aromatic rings. The van der Waals surface area contributed by atoms with Gasteiger partial charge in [-0.1, -0.05) is 23.7 Å². The maximum atomic E-state index is 13.6. The molecule has 0 spiro atoms. The molecule has 0 radical (unpaired) electrons. The van der Waals surface area contributed by atoms with Gasteiger partial charge in [0.05, 0.1) is 12.6 Å². The van der Waals surface area contributed by atoms with Crippen molar-refractivity contribution in [3.05, 3.63) is 87.8 Å². The topological polar surface area (TPSA) is 112 Å². The van der Waals surface area contributed by atoms with Crippen LogP contribution >= 0.6 is 11.6 Å². The van der Waals surface area contributed by atoms with Gasteiger partial charge in [-0.3, -0.25) is 14.9 Å². The van der Waals surface area contributed by atoms with Crippen LogP contribution in [-0.4, -0.2) is 42.8 Å². The second-order valence-corrected chi connectivity index (χ2v) is 8.74. The van der Waals surface area contributed by atoms with Crippen molar-refractivity contribution in [3.8, 4) is 28.5 Å². The van der Waals surface area contributed by atoms with Crippen LogP contribution in [0.1, 0.15) is 45.7 Å². The van der Waals surface area contributed by atoms with E-state index in [1.807, 2.05) is 19.1 Å². The Kier molecular flexibility index (Phi) is 5.82. The Balaban J connectivity index is 1.69. The Labute approximate surface area is 206 Å². The number of pyridine rings is 1. The van der Waals surface area contributed by atoms with Crippen molar-refractivity contribution >= 4 is 17.5 Å². The summed E-state index contributed by atoms with van der Waals surface area (Å²) in [5, 5.41) is 28.7. The zero-order valence-corrected chi connectivity index (χ0v) is 19.9. The van der Waals surface area contributed by atoms with Crippen LogP contribution in [0.15, 0.2) is 54.9 Å². The molecular formula is C26H23ClN4O4. The Hall–Kier alpha value is -4.04. The first-order valence-corrected chi connectivity index (χ1v) is 11.5. The largest absolute Gasteiger partial charge is 0.507 e. The molecule has 1 atom stereocenters. The Morgan fingerprint density at radius 2 is 2.00 bits per heavy atom. The summed E-state index contributed by atoms with van der Waals surface area (Å²) in [6.45, 7) is 4.30. The van der Waals surface area contributed by atoms with E-state index < -0.39 is 6.04 Å². The summed E-state index contributed by atoms with van der Waals surface area (Å²) in [6.07, 6.45) is 3.39. The van der Waals surface area contributed by atoms with E-state index in [-0.39, 0.29) is 17.4 Å². The molecular weight excluding hydrogens is 468 g/mol. The van der Waals surface area contributed by atoms with Crippen LogP contribution in [0.3, 0.4) is 0 Å². The Morgan fingerprint density at radius 1 is 1.17 bits per heavy atom. The third-order valence-electron chi connectivity index (χ3n) is 6.07. The average molecular weight is 491 g/mol. The molecule has 1 amide bonds. The number of H-pyrrole nitrogens is 1. The van der Waals surface area contributed by atoms with Crippen LogP contribution in [0.25, 0.3) is 11.3 Å². The van der Waals surface area contributed by atoms with Gasteiger partial charge in [0.25, 0.3) is 5.91 Å². The lowest BCUT2D eigenvalue weighted by molar-refractivity contribution is 0.0729. The predicted molar refractivity (Wildman–Crippen MR) is 131 cm³/mol. The number of phenols is 2. The molecule has 35 heavy (non-hydrogen) atoms. The van der Waals surface area contributed by atoms with Gasteiger partial charge < -0.3 is 19.8 Å². The zero-order chi connectivity index (χ0) is 24.7. The van der Waals surface area contributed by atoms with Crippen molar-refractivity contribution in [3.63, 3.8) is 0 Å². The van der Waals surface area contributed by atoms with Gasteiger partial charge >= 0.3 is 0 Å². The van der Waals surface area contributed by atoms with Gasteiger partial charge in [-0.05, 0) is 60.9 Å². The quantitative estimate of drug-likeness (QED) is 0.351. The molecule has 178 valence electrons. The van der Waals surface area contributed by atoms with Gasteiger partial charge in [-0.25, -0.2) is 0 Å². The Bertz CT molecular complexity index is 1420. The number of nitrogens with one attached hydrogen (secondary N) is 1. The van der Waals surface area contributed by atoms with Crippen molar-refractivity contribution in [2.75, 3.05) is 6.61 Å². The number of aromatic amines is 1. The lowest BCUT2D eigenvalue weighted by Gasteiger charge is -2.27. The van der Waals surface area contributed by atoms with E-state index in [2.05, 4.69) is 15.2 Å². The number of nitrogens with zero attached hydrogens (tertiary/aromatic N) is 3. The predicted octanol–water partition coefficient (Wildman–Crippen LogP) is 4.99. The van der Waals surface area contributed by atoms with Crippen LogP contribution < -0.4 is 4.74 Å². The molecule has 0 fully saturated rings. The van der Waals surface area contributed by atoms with Crippen molar-refractivity contribution in [2.24, 2.45) is 0 Å². The summed E-state index contributed by atoms with van der Waals surface area (Å²) < 4.78 is 5.61. The number of carbonyl (C=O) groups is 1. The fraction of sp³-hybridized carbons (Fsp3) is 0.192. The highest BCUT2D eigenvalue weighted by Gasteiger charge is 2.43. The average Bonchev–Trinajstić information content (AvgIpc) is 3.38. The van der Waals surface area contributed by atoms with E-state index in [0.29, 0.717) is 46.4 Å². The van der Waals surface area contributed by atoms with Gasteiger partial charge in [0, 0.05) is 35.1 Å². The van der Waals surface area contributed by atoms with Crippen LogP contribution in [0.2, 0.25) is 5.02 Å². The molecule has 0 unspecified atom stereocenters. The van der Waals surface area contributed by atoms with Crippen molar-refractivity contribution < 1.29 is 19.7 Å². The SMILES string of the molecule is CCOc1cc([C@H]2c3c(-c4cc(Cl)c(C)cc4O)n[nH]c3C(=O)N2Cc2cccnc2)ccc1O. The number of halogens is 1. The zero-order valence-electron chi connectivity index (χ0n) is 19.1. The molecule has 0 bridgehead atoms. The second-order valence-electron chi connectivity index (χ2n) is 8.34. The minimum atomic E-state index is -0.564. The first-order valence-electron chi connectivity index (χ1n) is 11.1. The number of hydrogen-bond acceptors (Lipinski definition) is 6. The second kappa shape index (κ2) is 8.96. The smallest absolute Gasteiger partial charge is 0.273 e. The summed E-state index contributed by atoms with van der Waals surface area (Å²) in [6, 6.07) is 11.4. The number of phenolic OH excluding ortho intramolecular Hbond substituents is 2. The highest BCUT2D eigenvalue weighted by atomic mass is 35.5. The van der Waals surface area contributed by atoms with Crippen LogP contribution in [0.5, 0.6) is 17.2 Å². The molecule has 2 aromatic carbocycles. The van der Waals surface area contributed by atoms with E-state index in [1.54, 1.807) is 54.5 Å². The maximum absolute atomic E-state index is 13.6. The molecule has 9 heteroatoms. The number of aryl methyl sites for hydroxylation is 1. The van der Waals surface area contributed by atoms with Gasteiger partial charge in [0.2, 0.25) is 0 Å². The number of aromatic nitrogens is 3. The molecule has 0 saturated heterocycles. The van der Waals surface area contributed by atoms with Gasteiger partial charge in [0.1, 0.15) is 17.1 Å². The number of amides is 1. The van der Waals surface area contributed by atoms with Crippen molar-refractivity contribution in [2.45, 2.75) is 26.4 Å². The molecule has 1 aliphatic heterocycles. The van der Waals surface area contributed by atoms with E-state index in [4.69, 9.17) is 16.3 Å². The molecule has 3 N–H and O–H groups in total. The fourth-order valence-electron chi connectivity index (χ4n) is 4.43. The molecule has 3 heterocycles. The number of benzene rings is 2. The lowest BCUT2D eigenvalue weighted by Crippen LogP contribution is -2.29. The minimum Gasteiger partial charge on any atom is -0.507 e. The highest BCUT2D eigenvalue weighted by Crippen LogP contribution is 2.47. The number of aromatic hydroxyl groups is 2. The number of carbonyl (C=O) groups excluding carboxylic acids is 1. The van der Waals surface area contributed by atoms with Crippen LogP contribution in [0.4, 0.5) is 0 Å². The van der Waals surface area contributed by atoms with Crippen molar-refractivity contribution in [1.82, 2.24) is 20.1 Å². The van der Waals surface area contributed by atoms with Gasteiger partial charge in [0.15, 0.2) is 11.5 Å². The molecule has 2 aromatic heterocycles. The first-order chi connectivity index (χ1) is 16.9. The van der Waals surface area contributed by atoms with Crippen LogP contribution in [-0.2, 0) is 6.54 Å². The van der Waals surface area contributed by atoms with E-state index in [1.165, 1.54) is 0 Å². The molecule has 0 saturated carbocycles. The van der Waals surface area contributed by atoms with Gasteiger partial charge in [-0.15, -0.1) is 0 Å². The summed E-state index contributed by atoms with van der Waals surface area (Å²) >= 11 is 6.37. The maximum Gasteiger partial charge on any atom is 0.273 e. The summed E-state index contributed by atoms with van der Waals surface area (Å²) in [4.78, 5) is 19.5. The van der Waals surface area contributed by atoms with Gasteiger partial charge in [-0.2, -0.15) is 5.10 Å². The number of ether oxygens (including phenoxy) is 1. The number of rotatable bonds is 6. The summed E-state index contributed by atoms with van der Waals surface area (Å²) in [5.41, 5.74) is 4.10. The molecule has 1 aliphatic rings. The normalized spacial score (nSPS) is 14.9.